The fourth-order valence-corrected chi connectivity index (χ4v) is 2.85. The maximum atomic E-state index is 11.9. The zero-order valence-corrected chi connectivity index (χ0v) is 18.2. The third-order valence-corrected chi connectivity index (χ3v) is 4.55. The van der Waals surface area contributed by atoms with Crippen LogP contribution in [0.25, 0.3) is 0 Å². The Hall–Kier alpha value is -3.22. The minimum absolute atomic E-state index is 0.182. The average molecular weight is 459 g/mol. The molecule has 0 unspecified atom stereocenters. The number of carbonyl (C=O) groups is 1. The summed E-state index contributed by atoms with van der Waals surface area (Å²) in [5.41, 5.74) is 4.12. The molecular formula is C23H20Cl2N2O4. The quantitative estimate of drug-likeness (QED) is 0.357. The second kappa shape index (κ2) is 11.2. The molecular weight excluding hydrogens is 439 g/mol. The van der Waals surface area contributed by atoms with Crippen molar-refractivity contribution in [1.82, 2.24) is 5.43 Å². The maximum Gasteiger partial charge on any atom is 0.277 e. The van der Waals surface area contributed by atoms with E-state index in [9.17, 15) is 4.79 Å². The van der Waals surface area contributed by atoms with Crippen LogP contribution in [0.3, 0.4) is 0 Å². The largest absolute Gasteiger partial charge is 0.493 e. The van der Waals surface area contributed by atoms with Crippen molar-refractivity contribution in [2.24, 2.45) is 5.10 Å². The highest BCUT2D eigenvalue weighted by atomic mass is 35.5. The van der Waals surface area contributed by atoms with E-state index in [1.165, 1.54) is 6.21 Å². The number of benzene rings is 3. The minimum atomic E-state index is -0.397. The first-order valence-corrected chi connectivity index (χ1v) is 10.0. The molecule has 0 bridgehead atoms. The standard InChI is InChI=1S/C23H20Cl2N2O4/c1-29-22-11-17(7-10-21(22)31-14-16-5-8-18(24)9-6-16)13-26-27-23(28)15-30-20-4-2-3-19(25)12-20/h2-13H,14-15H2,1H3,(H,27,28). The Morgan fingerprint density at radius 3 is 2.52 bits per heavy atom. The smallest absolute Gasteiger partial charge is 0.277 e. The molecule has 3 aromatic carbocycles. The molecule has 0 heterocycles. The number of methoxy groups -OCH3 is 1. The molecule has 31 heavy (non-hydrogen) atoms. The summed E-state index contributed by atoms with van der Waals surface area (Å²) in [5, 5.41) is 5.15. The van der Waals surface area contributed by atoms with E-state index in [1.807, 2.05) is 24.3 Å². The number of nitrogens with one attached hydrogen (secondary N) is 1. The molecule has 1 amide bonds. The van der Waals surface area contributed by atoms with Crippen LogP contribution in [-0.4, -0.2) is 25.8 Å². The number of hydrazone groups is 1. The Labute approximate surface area is 190 Å². The molecule has 0 atom stereocenters. The highest BCUT2D eigenvalue weighted by Crippen LogP contribution is 2.28. The average Bonchev–Trinajstić information content (AvgIpc) is 2.78. The van der Waals surface area contributed by atoms with Gasteiger partial charge in [0.15, 0.2) is 18.1 Å². The molecule has 1 N–H and O–H groups in total. The van der Waals surface area contributed by atoms with Crippen LogP contribution >= 0.6 is 23.2 Å². The Morgan fingerprint density at radius 1 is 0.968 bits per heavy atom. The normalized spacial score (nSPS) is 10.7. The molecule has 6 nitrogen and oxygen atoms in total. The van der Waals surface area contributed by atoms with Gasteiger partial charge in [-0.05, 0) is 59.7 Å². The predicted molar refractivity (Wildman–Crippen MR) is 121 cm³/mol. The predicted octanol–water partition coefficient (Wildman–Crippen LogP) is 5.11. The van der Waals surface area contributed by atoms with Gasteiger partial charge < -0.3 is 14.2 Å². The van der Waals surface area contributed by atoms with Gasteiger partial charge in [0, 0.05) is 10.0 Å². The number of ether oxygens (including phenoxy) is 3. The van der Waals surface area contributed by atoms with E-state index in [4.69, 9.17) is 37.4 Å². The van der Waals surface area contributed by atoms with Crippen LogP contribution in [0.1, 0.15) is 11.1 Å². The molecule has 8 heteroatoms. The summed E-state index contributed by atoms with van der Waals surface area (Å²) in [5.74, 6) is 1.25. The van der Waals surface area contributed by atoms with Crippen molar-refractivity contribution in [3.8, 4) is 17.2 Å². The van der Waals surface area contributed by atoms with Gasteiger partial charge in [0.1, 0.15) is 12.4 Å². The third-order valence-electron chi connectivity index (χ3n) is 4.06. The zero-order valence-electron chi connectivity index (χ0n) is 16.7. The first-order valence-electron chi connectivity index (χ1n) is 9.29. The Morgan fingerprint density at radius 2 is 1.77 bits per heavy atom. The maximum absolute atomic E-state index is 11.9. The van der Waals surface area contributed by atoms with Gasteiger partial charge in [0.05, 0.1) is 13.3 Å². The molecule has 0 radical (unpaired) electrons. The molecule has 160 valence electrons. The lowest BCUT2D eigenvalue weighted by Gasteiger charge is -2.11. The molecule has 3 aromatic rings. The molecule has 0 saturated heterocycles. The number of rotatable bonds is 9. The van der Waals surface area contributed by atoms with Crippen molar-refractivity contribution in [3.63, 3.8) is 0 Å². The van der Waals surface area contributed by atoms with Crippen molar-refractivity contribution >= 4 is 35.3 Å². The first kappa shape index (κ1) is 22.5. The van der Waals surface area contributed by atoms with Crippen molar-refractivity contribution < 1.29 is 19.0 Å². The number of amides is 1. The van der Waals surface area contributed by atoms with Gasteiger partial charge in [0.25, 0.3) is 5.91 Å². The molecule has 0 aliphatic heterocycles. The highest BCUT2D eigenvalue weighted by molar-refractivity contribution is 6.30. The van der Waals surface area contributed by atoms with E-state index >= 15 is 0 Å². The van der Waals surface area contributed by atoms with Crippen LogP contribution < -0.4 is 19.6 Å². The van der Waals surface area contributed by atoms with Crippen LogP contribution in [0.5, 0.6) is 17.2 Å². The van der Waals surface area contributed by atoms with Crippen LogP contribution in [0.4, 0.5) is 0 Å². The second-order valence-corrected chi connectivity index (χ2v) is 7.24. The van der Waals surface area contributed by atoms with Gasteiger partial charge in [-0.25, -0.2) is 5.43 Å². The van der Waals surface area contributed by atoms with Gasteiger partial charge in [-0.3, -0.25) is 4.79 Å². The molecule has 3 rings (SSSR count). The highest BCUT2D eigenvalue weighted by Gasteiger charge is 2.06. The van der Waals surface area contributed by atoms with Crippen LogP contribution in [0.2, 0.25) is 10.0 Å². The van der Waals surface area contributed by atoms with Crippen molar-refractivity contribution in [3.05, 3.63) is 87.9 Å². The van der Waals surface area contributed by atoms with Crippen LogP contribution in [0, 0.1) is 0 Å². The SMILES string of the molecule is COc1cc(C=NNC(=O)COc2cccc(Cl)c2)ccc1OCc1ccc(Cl)cc1. The van der Waals surface area contributed by atoms with E-state index in [0.29, 0.717) is 33.9 Å². The molecule has 0 aliphatic rings. The minimum Gasteiger partial charge on any atom is -0.493 e. The van der Waals surface area contributed by atoms with E-state index in [1.54, 1.807) is 49.6 Å². The van der Waals surface area contributed by atoms with Gasteiger partial charge in [0.2, 0.25) is 0 Å². The van der Waals surface area contributed by atoms with Crippen LogP contribution in [-0.2, 0) is 11.4 Å². The summed E-state index contributed by atoms with van der Waals surface area (Å²) in [6, 6.07) is 19.6. The molecule has 0 aliphatic carbocycles. The number of nitrogens with zero attached hydrogens (tertiary/aromatic N) is 1. The van der Waals surface area contributed by atoms with E-state index in [0.717, 1.165) is 11.1 Å². The number of carbonyl (C=O) groups excluding carboxylic acids is 1. The summed E-state index contributed by atoms with van der Waals surface area (Å²) in [4.78, 5) is 11.9. The number of halogens is 2. The van der Waals surface area contributed by atoms with Crippen molar-refractivity contribution in [2.75, 3.05) is 13.7 Å². The second-order valence-electron chi connectivity index (χ2n) is 6.36. The zero-order chi connectivity index (χ0) is 22.1. The summed E-state index contributed by atoms with van der Waals surface area (Å²) in [7, 11) is 1.56. The van der Waals surface area contributed by atoms with E-state index in [-0.39, 0.29) is 6.61 Å². The number of hydrogen-bond acceptors (Lipinski definition) is 5. The lowest BCUT2D eigenvalue weighted by atomic mass is 10.2. The summed E-state index contributed by atoms with van der Waals surface area (Å²) in [6.45, 7) is 0.197. The van der Waals surface area contributed by atoms with Crippen molar-refractivity contribution in [1.29, 1.82) is 0 Å². The Balaban J connectivity index is 1.51. The van der Waals surface area contributed by atoms with Crippen LogP contribution in [0.15, 0.2) is 71.8 Å². The topological polar surface area (TPSA) is 69.2 Å². The van der Waals surface area contributed by atoms with Crippen molar-refractivity contribution in [2.45, 2.75) is 6.61 Å². The van der Waals surface area contributed by atoms with Gasteiger partial charge >= 0.3 is 0 Å². The Bertz CT molecular complexity index is 1060. The molecule has 0 fully saturated rings. The summed E-state index contributed by atoms with van der Waals surface area (Å²) < 4.78 is 16.6. The van der Waals surface area contributed by atoms with Gasteiger partial charge in [-0.1, -0.05) is 41.4 Å². The van der Waals surface area contributed by atoms with Gasteiger partial charge in [-0.15, -0.1) is 0 Å². The molecule has 0 spiro atoms. The third kappa shape index (κ3) is 7.20. The number of hydrogen-bond donors (Lipinski definition) is 1. The monoisotopic (exact) mass is 458 g/mol. The first-order chi connectivity index (χ1) is 15.0. The fourth-order valence-electron chi connectivity index (χ4n) is 2.54. The summed E-state index contributed by atoms with van der Waals surface area (Å²) >= 11 is 11.8. The Kier molecular flexibility index (Phi) is 8.15. The lowest BCUT2D eigenvalue weighted by Crippen LogP contribution is -2.24. The summed E-state index contributed by atoms with van der Waals surface area (Å²) in [6.07, 6.45) is 1.50. The molecule has 0 aromatic heterocycles. The lowest BCUT2D eigenvalue weighted by molar-refractivity contribution is -0.123. The van der Waals surface area contributed by atoms with E-state index < -0.39 is 5.91 Å². The fraction of sp³-hybridized carbons (Fsp3) is 0.130. The van der Waals surface area contributed by atoms with E-state index in [2.05, 4.69) is 10.5 Å². The molecule has 0 saturated carbocycles. The van der Waals surface area contributed by atoms with Gasteiger partial charge in [-0.2, -0.15) is 5.10 Å².